The molecule has 0 atom stereocenters. The van der Waals surface area contributed by atoms with E-state index in [1.165, 1.54) is 32.3 Å². The molecule has 0 saturated heterocycles. The largest absolute Gasteiger partial charge is 0.278 e. The zero-order valence-electron chi connectivity index (χ0n) is 21.1. The van der Waals surface area contributed by atoms with Crippen LogP contribution in [-0.4, -0.2) is 14.5 Å². The first-order valence-corrected chi connectivity index (χ1v) is 13.2. The highest BCUT2D eigenvalue weighted by Crippen LogP contribution is 2.39. The summed E-state index contributed by atoms with van der Waals surface area (Å²) in [4.78, 5) is 10.3. The molecular formula is C36H23N3. The van der Waals surface area contributed by atoms with E-state index in [0.717, 1.165) is 33.5 Å². The number of para-hydroxylation sites is 1. The summed E-state index contributed by atoms with van der Waals surface area (Å²) in [6.07, 6.45) is 0. The number of aromatic nitrogens is 3. The molecule has 0 spiro atoms. The lowest BCUT2D eigenvalue weighted by Crippen LogP contribution is -2.04. The molecule has 2 heterocycles. The molecule has 0 N–H and O–H groups in total. The van der Waals surface area contributed by atoms with Gasteiger partial charge in [-0.25, -0.2) is 9.97 Å². The number of rotatable bonds is 3. The molecule has 0 fully saturated rings. The summed E-state index contributed by atoms with van der Waals surface area (Å²) in [6, 6.07) is 48.9. The highest BCUT2D eigenvalue weighted by molar-refractivity contribution is 6.28. The van der Waals surface area contributed by atoms with Gasteiger partial charge in [-0.15, -0.1) is 0 Å². The molecule has 8 rings (SSSR count). The quantitative estimate of drug-likeness (QED) is 0.228. The van der Waals surface area contributed by atoms with E-state index in [0.29, 0.717) is 5.95 Å². The molecule has 39 heavy (non-hydrogen) atoms. The van der Waals surface area contributed by atoms with Crippen molar-refractivity contribution in [1.29, 1.82) is 0 Å². The van der Waals surface area contributed by atoms with Gasteiger partial charge in [-0.3, -0.25) is 4.57 Å². The molecule has 3 heteroatoms. The summed E-state index contributed by atoms with van der Waals surface area (Å²) in [6.45, 7) is 0. The molecule has 3 nitrogen and oxygen atoms in total. The molecule has 0 unspecified atom stereocenters. The number of benzene rings is 6. The van der Waals surface area contributed by atoms with Gasteiger partial charge in [0.1, 0.15) is 0 Å². The van der Waals surface area contributed by atoms with Crippen LogP contribution in [0.2, 0.25) is 0 Å². The Labute approximate surface area is 225 Å². The summed E-state index contributed by atoms with van der Waals surface area (Å²) in [5.74, 6) is 0.668. The van der Waals surface area contributed by atoms with E-state index in [9.17, 15) is 0 Å². The molecule has 6 aromatic carbocycles. The SMILES string of the molecule is c1ccc(-c2cc(-c3ccccc3)nc(-n3c4ccccc4c4c5c(ccc6ccccc65)ccc43)n2)cc1. The average Bonchev–Trinajstić information content (AvgIpc) is 3.36. The Hall–Kier alpha value is -5.28. The maximum absolute atomic E-state index is 5.17. The fourth-order valence-corrected chi connectivity index (χ4v) is 5.82. The predicted molar refractivity (Wildman–Crippen MR) is 162 cm³/mol. The van der Waals surface area contributed by atoms with Crippen molar-refractivity contribution in [3.8, 4) is 28.5 Å². The molecule has 0 aliphatic carbocycles. The van der Waals surface area contributed by atoms with Crippen molar-refractivity contribution in [1.82, 2.24) is 14.5 Å². The lowest BCUT2D eigenvalue weighted by Gasteiger charge is -2.12. The lowest BCUT2D eigenvalue weighted by molar-refractivity contribution is 0.996. The van der Waals surface area contributed by atoms with E-state index in [2.05, 4.69) is 132 Å². The van der Waals surface area contributed by atoms with Gasteiger partial charge in [0.15, 0.2) is 0 Å². The van der Waals surface area contributed by atoms with Gasteiger partial charge in [0.05, 0.1) is 22.4 Å². The van der Waals surface area contributed by atoms with E-state index >= 15 is 0 Å². The minimum Gasteiger partial charge on any atom is -0.278 e. The Morgan fingerprint density at radius 2 is 0.974 bits per heavy atom. The van der Waals surface area contributed by atoms with E-state index in [1.807, 2.05) is 12.1 Å². The number of hydrogen-bond donors (Lipinski definition) is 0. The van der Waals surface area contributed by atoms with Crippen LogP contribution in [0, 0.1) is 0 Å². The summed E-state index contributed by atoms with van der Waals surface area (Å²) in [7, 11) is 0. The van der Waals surface area contributed by atoms with Crippen LogP contribution in [0.15, 0.2) is 140 Å². The van der Waals surface area contributed by atoms with Crippen molar-refractivity contribution in [3.63, 3.8) is 0 Å². The zero-order chi connectivity index (χ0) is 25.8. The van der Waals surface area contributed by atoms with Gasteiger partial charge in [-0.2, -0.15) is 0 Å². The van der Waals surface area contributed by atoms with Crippen LogP contribution in [0.5, 0.6) is 0 Å². The van der Waals surface area contributed by atoms with E-state index in [1.54, 1.807) is 0 Å². The molecule has 0 aliphatic heterocycles. The van der Waals surface area contributed by atoms with Crippen molar-refractivity contribution in [2.45, 2.75) is 0 Å². The predicted octanol–water partition coefficient (Wildman–Crippen LogP) is 9.21. The van der Waals surface area contributed by atoms with E-state index in [-0.39, 0.29) is 0 Å². The Balaban J connectivity index is 1.51. The van der Waals surface area contributed by atoms with Crippen molar-refractivity contribution in [2.24, 2.45) is 0 Å². The van der Waals surface area contributed by atoms with Crippen molar-refractivity contribution in [2.75, 3.05) is 0 Å². The topological polar surface area (TPSA) is 30.7 Å². The van der Waals surface area contributed by atoms with Crippen LogP contribution in [0.1, 0.15) is 0 Å². The second-order valence-electron chi connectivity index (χ2n) is 9.87. The van der Waals surface area contributed by atoms with E-state index < -0.39 is 0 Å². The van der Waals surface area contributed by atoms with Gasteiger partial charge in [-0.05, 0) is 39.7 Å². The van der Waals surface area contributed by atoms with Crippen LogP contribution in [0.4, 0.5) is 0 Å². The minimum absolute atomic E-state index is 0.668. The first-order chi connectivity index (χ1) is 19.3. The minimum atomic E-state index is 0.668. The van der Waals surface area contributed by atoms with Gasteiger partial charge in [0, 0.05) is 21.9 Å². The smallest absolute Gasteiger partial charge is 0.235 e. The molecule has 0 bridgehead atoms. The summed E-state index contributed by atoms with van der Waals surface area (Å²) in [5.41, 5.74) is 6.13. The molecule has 0 radical (unpaired) electrons. The Morgan fingerprint density at radius 3 is 1.69 bits per heavy atom. The molecular weight excluding hydrogens is 474 g/mol. The van der Waals surface area contributed by atoms with Crippen LogP contribution >= 0.6 is 0 Å². The Morgan fingerprint density at radius 1 is 0.410 bits per heavy atom. The molecule has 8 aromatic rings. The normalized spacial score (nSPS) is 11.6. The van der Waals surface area contributed by atoms with Gasteiger partial charge < -0.3 is 0 Å². The molecule has 0 aliphatic rings. The third-order valence-electron chi connectivity index (χ3n) is 7.60. The Bertz CT molecular complexity index is 2100. The molecule has 0 saturated carbocycles. The van der Waals surface area contributed by atoms with E-state index in [4.69, 9.17) is 9.97 Å². The molecule has 2 aromatic heterocycles. The monoisotopic (exact) mass is 497 g/mol. The first-order valence-electron chi connectivity index (χ1n) is 13.2. The first kappa shape index (κ1) is 21.8. The second kappa shape index (κ2) is 8.64. The standard InChI is InChI=1S/C36H23N3/c1-3-12-25(13-4-1)30-23-31(26-14-5-2-6-15-26)38-36(37-30)39-32-18-10-9-17-29(32)35-33(39)22-21-27-20-19-24-11-7-8-16-28(24)34(27)35/h1-23H. The second-order valence-corrected chi connectivity index (χ2v) is 9.87. The van der Waals surface area contributed by atoms with Crippen molar-refractivity contribution >= 4 is 43.4 Å². The van der Waals surface area contributed by atoms with Crippen molar-refractivity contribution in [3.05, 3.63) is 140 Å². The van der Waals surface area contributed by atoms with Gasteiger partial charge in [0.2, 0.25) is 5.95 Å². The van der Waals surface area contributed by atoms with Crippen LogP contribution in [-0.2, 0) is 0 Å². The fraction of sp³-hybridized carbons (Fsp3) is 0. The maximum atomic E-state index is 5.17. The third kappa shape index (κ3) is 3.44. The highest BCUT2D eigenvalue weighted by atomic mass is 15.2. The fourth-order valence-electron chi connectivity index (χ4n) is 5.82. The van der Waals surface area contributed by atoms with Gasteiger partial charge >= 0.3 is 0 Å². The van der Waals surface area contributed by atoms with Crippen LogP contribution in [0.25, 0.3) is 71.8 Å². The number of nitrogens with zero attached hydrogens (tertiary/aromatic N) is 3. The zero-order valence-corrected chi connectivity index (χ0v) is 21.1. The van der Waals surface area contributed by atoms with Crippen LogP contribution < -0.4 is 0 Å². The molecule has 0 amide bonds. The maximum Gasteiger partial charge on any atom is 0.235 e. The Kier molecular flexibility index (Phi) is 4.82. The average molecular weight is 498 g/mol. The molecule has 182 valence electrons. The summed E-state index contributed by atoms with van der Waals surface area (Å²) < 4.78 is 2.23. The number of hydrogen-bond acceptors (Lipinski definition) is 2. The highest BCUT2D eigenvalue weighted by Gasteiger charge is 2.19. The number of fused-ring (bicyclic) bond motifs is 7. The van der Waals surface area contributed by atoms with Gasteiger partial charge in [0.25, 0.3) is 0 Å². The van der Waals surface area contributed by atoms with Gasteiger partial charge in [-0.1, -0.05) is 121 Å². The lowest BCUT2D eigenvalue weighted by atomic mass is 9.97. The van der Waals surface area contributed by atoms with Crippen molar-refractivity contribution < 1.29 is 0 Å². The van der Waals surface area contributed by atoms with Crippen LogP contribution in [0.3, 0.4) is 0 Å². The third-order valence-corrected chi connectivity index (χ3v) is 7.60. The summed E-state index contributed by atoms with van der Waals surface area (Å²) in [5, 5.41) is 7.42. The summed E-state index contributed by atoms with van der Waals surface area (Å²) >= 11 is 0.